The summed E-state index contributed by atoms with van der Waals surface area (Å²) in [6.07, 6.45) is 9.89. The summed E-state index contributed by atoms with van der Waals surface area (Å²) in [6.45, 7) is 1.20. The number of hydrogen-bond acceptors (Lipinski definition) is 3. The number of fused-ring (bicyclic) bond motifs is 1. The Morgan fingerprint density at radius 2 is 2.32 bits per heavy atom. The highest BCUT2D eigenvalue weighted by Gasteiger charge is 2.48. The molecule has 0 amide bonds. The molecular weight excluding hydrogens is 236 g/mol. The number of hydrogen-bond donors (Lipinski definition) is 1. The SMILES string of the molecule is CN1CCC2(c3ccc(N=CN)nc3)CCCCC12. The fourth-order valence-electron chi connectivity index (χ4n) is 4.00. The van der Waals surface area contributed by atoms with Gasteiger partial charge in [-0.3, -0.25) is 0 Å². The third-order valence-electron chi connectivity index (χ3n) is 4.96. The Morgan fingerprint density at radius 3 is 3.05 bits per heavy atom. The van der Waals surface area contributed by atoms with E-state index in [1.54, 1.807) is 0 Å². The third kappa shape index (κ3) is 2.04. The standard InChI is InChI=1S/C15H22N4/c1-19-9-8-15(7-3-2-4-13(15)19)12-5-6-14(17-10-12)18-11-16/h5-6,10-11,13H,2-4,7-9H2,1H3,(H2,16,17,18). The van der Waals surface area contributed by atoms with Crippen LogP contribution in [0.25, 0.3) is 0 Å². The summed E-state index contributed by atoms with van der Waals surface area (Å²) in [4.78, 5) is 11.0. The average Bonchev–Trinajstić information content (AvgIpc) is 2.79. The first-order valence-electron chi connectivity index (χ1n) is 7.17. The number of aliphatic imine (C=N–C) groups is 1. The minimum absolute atomic E-state index is 0.324. The molecule has 0 spiro atoms. The molecule has 2 aliphatic rings. The second-order valence-electron chi connectivity index (χ2n) is 5.83. The van der Waals surface area contributed by atoms with E-state index < -0.39 is 0 Å². The van der Waals surface area contributed by atoms with Gasteiger partial charge in [0.25, 0.3) is 0 Å². The molecule has 2 atom stereocenters. The lowest BCUT2D eigenvalue weighted by Gasteiger charge is -2.41. The van der Waals surface area contributed by atoms with E-state index in [-0.39, 0.29) is 0 Å². The van der Waals surface area contributed by atoms with Crippen molar-refractivity contribution in [1.29, 1.82) is 0 Å². The van der Waals surface area contributed by atoms with Crippen molar-refractivity contribution in [2.45, 2.75) is 43.6 Å². The summed E-state index contributed by atoms with van der Waals surface area (Å²) in [5.41, 5.74) is 7.02. The van der Waals surface area contributed by atoms with Crippen LogP contribution in [0, 0.1) is 0 Å². The van der Waals surface area contributed by atoms with E-state index >= 15 is 0 Å². The monoisotopic (exact) mass is 258 g/mol. The third-order valence-corrected chi connectivity index (χ3v) is 4.96. The van der Waals surface area contributed by atoms with Crippen molar-refractivity contribution in [3.8, 4) is 0 Å². The Balaban J connectivity index is 1.94. The van der Waals surface area contributed by atoms with E-state index in [1.165, 1.54) is 50.6 Å². The molecule has 19 heavy (non-hydrogen) atoms. The first kappa shape index (κ1) is 12.6. The van der Waals surface area contributed by atoms with Gasteiger partial charge in [-0.15, -0.1) is 0 Å². The predicted molar refractivity (Wildman–Crippen MR) is 77.8 cm³/mol. The summed E-state index contributed by atoms with van der Waals surface area (Å²) in [7, 11) is 2.26. The molecule has 4 heteroatoms. The topological polar surface area (TPSA) is 54.5 Å². The zero-order chi connectivity index (χ0) is 13.3. The molecule has 102 valence electrons. The summed E-state index contributed by atoms with van der Waals surface area (Å²) in [6, 6.07) is 4.87. The van der Waals surface area contributed by atoms with Crippen LogP contribution in [0.15, 0.2) is 23.3 Å². The molecule has 2 heterocycles. The molecule has 1 aliphatic heterocycles. The first-order chi connectivity index (χ1) is 9.26. The van der Waals surface area contributed by atoms with Crippen molar-refractivity contribution < 1.29 is 0 Å². The fraction of sp³-hybridized carbons (Fsp3) is 0.600. The molecule has 2 N–H and O–H groups in total. The van der Waals surface area contributed by atoms with Gasteiger partial charge in [-0.25, -0.2) is 9.98 Å². The highest BCUT2D eigenvalue weighted by molar-refractivity contribution is 5.57. The molecule has 2 unspecified atom stereocenters. The van der Waals surface area contributed by atoms with E-state index in [4.69, 9.17) is 5.73 Å². The van der Waals surface area contributed by atoms with Crippen LogP contribution in [-0.2, 0) is 5.41 Å². The van der Waals surface area contributed by atoms with Crippen molar-refractivity contribution in [1.82, 2.24) is 9.88 Å². The molecule has 3 rings (SSSR count). The van der Waals surface area contributed by atoms with Gasteiger partial charge in [-0.2, -0.15) is 0 Å². The number of nitrogens with two attached hydrogens (primary N) is 1. The van der Waals surface area contributed by atoms with Crippen molar-refractivity contribution in [2.75, 3.05) is 13.6 Å². The molecule has 1 aromatic heterocycles. The van der Waals surface area contributed by atoms with Gasteiger partial charge in [0, 0.05) is 17.7 Å². The maximum absolute atomic E-state index is 5.31. The summed E-state index contributed by atoms with van der Waals surface area (Å²) in [5, 5.41) is 0. The maximum atomic E-state index is 5.31. The quantitative estimate of drug-likeness (QED) is 0.653. The number of aromatic nitrogens is 1. The van der Waals surface area contributed by atoms with Crippen molar-refractivity contribution in [3.05, 3.63) is 23.9 Å². The van der Waals surface area contributed by atoms with Gasteiger partial charge in [0.15, 0.2) is 5.82 Å². The van der Waals surface area contributed by atoms with Gasteiger partial charge in [0.05, 0.1) is 6.34 Å². The van der Waals surface area contributed by atoms with Gasteiger partial charge in [0.1, 0.15) is 0 Å². The molecule has 4 nitrogen and oxygen atoms in total. The lowest BCUT2D eigenvalue weighted by atomic mass is 9.66. The first-order valence-corrected chi connectivity index (χ1v) is 7.17. The minimum Gasteiger partial charge on any atom is -0.390 e. The van der Waals surface area contributed by atoms with Crippen LogP contribution < -0.4 is 5.73 Å². The van der Waals surface area contributed by atoms with Gasteiger partial charge in [-0.1, -0.05) is 18.9 Å². The lowest BCUT2D eigenvalue weighted by Crippen LogP contribution is -2.43. The Kier molecular flexibility index (Phi) is 3.27. The van der Waals surface area contributed by atoms with E-state index in [0.29, 0.717) is 17.3 Å². The molecule has 1 saturated heterocycles. The van der Waals surface area contributed by atoms with Crippen LogP contribution in [0.5, 0.6) is 0 Å². The highest BCUT2D eigenvalue weighted by Crippen LogP contribution is 2.48. The van der Waals surface area contributed by atoms with Crippen LogP contribution in [0.1, 0.15) is 37.7 Å². The maximum Gasteiger partial charge on any atom is 0.153 e. The van der Waals surface area contributed by atoms with Gasteiger partial charge < -0.3 is 10.6 Å². The van der Waals surface area contributed by atoms with E-state index in [2.05, 4.69) is 28.0 Å². The Morgan fingerprint density at radius 1 is 1.42 bits per heavy atom. The molecular formula is C15H22N4. The van der Waals surface area contributed by atoms with Gasteiger partial charge in [-0.05, 0) is 44.5 Å². The predicted octanol–water partition coefficient (Wildman–Crippen LogP) is 2.22. The van der Waals surface area contributed by atoms with E-state index in [9.17, 15) is 0 Å². The minimum atomic E-state index is 0.324. The second-order valence-corrected chi connectivity index (χ2v) is 5.83. The molecule has 0 bridgehead atoms. The Bertz CT molecular complexity index is 464. The Hall–Kier alpha value is -1.42. The number of likely N-dealkylation sites (tertiary alicyclic amines) is 1. The molecule has 1 aromatic rings. The summed E-state index contributed by atoms with van der Waals surface area (Å²) >= 11 is 0. The van der Waals surface area contributed by atoms with Crippen LogP contribution in [0.4, 0.5) is 5.82 Å². The second kappa shape index (κ2) is 4.93. The lowest BCUT2D eigenvalue weighted by molar-refractivity contribution is 0.181. The number of pyridine rings is 1. The molecule has 0 radical (unpaired) electrons. The van der Waals surface area contributed by atoms with Crippen LogP contribution >= 0.6 is 0 Å². The fourth-order valence-corrected chi connectivity index (χ4v) is 4.00. The van der Waals surface area contributed by atoms with Crippen LogP contribution in [0.2, 0.25) is 0 Å². The van der Waals surface area contributed by atoms with Crippen molar-refractivity contribution >= 4 is 12.2 Å². The highest BCUT2D eigenvalue weighted by atomic mass is 15.2. The van der Waals surface area contributed by atoms with Crippen LogP contribution in [0.3, 0.4) is 0 Å². The molecule has 2 fully saturated rings. The van der Waals surface area contributed by atoms with E-state index in [1.807, 2.05) is 12.3 Å². The normalized spacial score (nSPS) is 31.7. The average molecular weight is 258 g/mol. The van der Waals surface area contributed by atoms with Gasteiger partial charge >= 0.3 is 0 Å². The molecule has 1 saturated carbocycles. The van der Waals surface area contributed by atoms with Crippen molar-refractivity contribution in [2.24, 2.45) is 10.7 Å². The number of nitrogens with zero attached hydrogens (tertiary/aromatic N) is 3. The smallest absolute Gasteiger partial charge is 0.153 e. The summed E-state index contributed by atoms with van der Waals surface area (Å²) in [5.74, 6) is 0.696. The molecule has 1 aliphatic carbocycles. The summed E-state index contributed by atoms with van der Waals surface area (Å²) < 4.78 is 0. The zero-order valence-corrected chi connectivity index (χ0v) is 11.5. The van der Waals surface area contributed by atoms with Crippen molar-refractivity contribution in [3.63, 3.8) is 0 Å². The number of likely N-dealkylation sites (N-methyl/N-ethyl adjacent to an activating group) is 1. The van der Waals surface area contributed by atoms with E-state index in [0.717, 1.165) is 0 Å². The van der Waals surface area contributed by atoms with Crippen LogP contribution in [-0.4, -0.2) is 35.9 Å². The largest absolute Gasteiger partial charge is 0.390 e. The molecule has 0 aromatic carbocycles. The number of rotatable bonds is 2. The zero-order valence-electron chi connectivity index (χ0n) is 11.5. The Labute approximate surface area is 114 Å². The van der Waals surface area contributed by atoms with Gasteiger partial charge in [0.2, 0.25) is 0 Å².